The van der Waals surface area contributed by atoms with Gasteiger partial charge in [-0.25, -0.2) is 0 Å². The molecule has 1 aliphatic rings. The van der Waals surface area contributed by atoms with Gasteiger partial charge in [0.2, 0.25) is 11.8 Å². The Morgan fingerprint density at radius 2 is 2.29 bits per heavy atom. The van der Waals surface area contributed by atoms with Crippen LogP contribution in [-0.2, 0) is 9.59 Å². The highest BCUT2D eigenvalue weighted by Crippen LogP contribution is 2.22. The lowest BCUT2D eigenvalue weighted by atomic mass is 10.2. The number of carbonyl (C=O) groups is 2. The smallest absolute Gasteiger partial charge is 0.246 e. The van der Waals surface area contributed by atoms with Crippen LogP contribution in [0.4, 0.5) is 5.69 Å². The Labute approximate surface area is 117 Å². The zero-order valence-corrected chi connectivity index (χ0v) is 11.7. The van der Waals surface area contributed by atoms with Crippen molar-refractivity contribution in [2.75, 3.05) is 5.32 Å². The molecule has 1 aromatic rings. The van der Waals surface area contributed by atoms with Crippen LogP contribution in [0.3, 0.4) is 0 Å². The Bertz CT molecular complexity index is 479. The average Bonchev–Trinajstić information content (AvgIpc) is 2.69. The number of hydrogen-bond donors (Lipinski definition) is 2. The zero-order valence-electron chi connectivity index (χ0n) is 8.80. The second kappa shape index (κ2) is 5.22. The Morgan fingerprint density at radius 1 is 1.53 bits per heavy atom. The second-order valence-electron chi connectivity index (χ2n) is 3.77. The number of halogens is 2. The number of nitrogens with one attached hydrogen (secondary N) is 2. The minimum Gasteiger partial charge on any atom is -0.344 e. The lowest BCUT2D eigenvalue weighted by Crippen LogP contribution is -2.37. The molecule has 2 amide bonds. The van der Waals surface area contributed by atoms with Gasteiger partial charge in [-0.15, -0.1) is 0 Å². The molecule has 0 aromatic heterocycles. The molecular formula is C11H10ClIN2O2. The van der Waals surface area contributed by atoms with E-state index in [9.17, 15) is 9.59 Å². The monoisotopic (exact) mass is 364 g/mol. The number of carbonyl (C=O) groups excluding carboxylic acids is 2. The third kappa shape index (κ3) is 3.10. The maximum Gasteiger partial charge on any atom is 0.246 e. The minimum atomic E-state index is -0.422. The van der Waals surface area contributed by atoms with E-state index < -0.39 is 6.04 Å². The Kier molecular flexibility index (Phi) is 3.88. The highest BCUT2D eigenvalue weighted by Gasteiger charge is 2.27. The summed E-state index contributed by atoms with van der Waals surface area (Å²) in [6.45, 7) is 0. The van der Waals surface area contributed by atoms with Crippen LogP contribution >= 0.6 is 34.2 Å². The van der Waals surface area contributed by atoms with Crippen molar-refractivity contribution in [3.8, 4) is 0 Å². The summed E-state index contributed by atoms with van der Waals surface area (Å²) < 4.78 is 0.868. The van der Waals surface area contributed by atoms with Crippen molar-refractivity contribution in [2.45, 2.75) is 18.9 Å². The van der Waals surface area contributed by atoms with Crippen molar-refractivity contribution in [2.24, 2.45) is 0 Å². The van der Waals surface area contributed by atoms with Gasteiger partial charge in [0.1, 0.15) is 6.04 Å². The van der Waals surface area contributed by atoms with Crippen LogP contribution in [-0.4, -0.2) is 17.9 Å². The lowest BCUT2D eigenvalue weighted by Gasteiger charge is -2.12. The lowest BCUT2D eigenvalue weighted by molar-refractivity contribution is -0.122. The van der Waals surface area contributed by atoms with E-state index >= 15 is 0 Å². The molecule has 4 nitrogen and oxygen atoms in total. The first kappa shape index (κ1) is 12.6. The van der Waals surface area contributed by atoms with Crippen molar-refractivity contribution < 1.29 is 9.59 Å². The molecule has 0 bridgehead atoms. The summed E-state index contributed by atoms with van der Waals surface area (Å²) >= 11 is 7.93. The van der Waals surface area contributed by atoms with E-state index in [2.05, 4.69) is 33.2 Å². The van der Waals surface area contributed by atoms with Gasteiger partial charge in [0.15, 0.2) is 0 Å². The van der Waals surface area contributed by atoms with Crippen molar-refractivity contribution in [1.82, 2.24) is 5.32 Å². The molecular weight excluding hydrogens is 354 g/mol. The van der Waals surface area contributed by atoms with Crippen LogP contribution in [0.1, 0.15) is 12.8 Å². The van der Waals surface area contributed by atoms with E-state index in [0.717, 1.165) is 3.57 Å². The predicted octanol–water partition coefficient (Wildman–Crippen LogP) is 2.16. The van der Waals surface area contributed by atoms with Crippen molar-refractivity contribution in [3.63, 3.8) is 0 Å². The van der Waals surface area contributed by atoms with Crippen LogP contribution in [0.25, 0.3) is 0 Å². The van der Waals surface area contributed by atoms with Gasteiger partial charge >= 0.3 is 0 Å². The molecule has 6 heteroatoms. The van der Waals surface area contributed by atoms with Gasteiger partial charge in [0.25, 0.3) is 0 Å². The van der Waals surface area contributed by atoms with Crippen LogP contribution in [0.15, 0.2) is 18.2 Å². The first-order valence-corrected chi connectivity index (χ1v) is 6.57. The van der Waals surface area contributed by atoms with Crippen molar-refractivity contribution in [3.05, 3.63) is 26.8 Å². The SMILES string of the molecule is O=C1CC[C@H](C(=O)Nc2ccc(Cl)cc2I)N1. The van der Waals surface area contributed by atoms with Crippen LogP contribution in [0.2, 0.25) is 5.02 Å². The maximum atomic E-state index is 11.8. The van der Waals surface area contributed by atoms with E-state index in [1.807, 2.05) is 0 Å². The van der Waals surface area contributed by atoms with Gasteiger partial charge in [-0.3, -0.25) is 9.59 Å². The molecule has 0 saturated carbocycles. The second-order valence-corrected chi connectivity index (χ2v) is 5.37. The molecule has 1 saturated heterocycles. The summed E-state index contributed by atoms with van der Waals surface area (Å²) in [7, 11) is 0. The van der Waals surface area contributed by atoms with E-state index in [0.29, 0.717) is 23.6 Å². The Morgan fingerprint density at radius 3 is 2.88 bits per heavy atom. The predicted molar refractivity (Wildman–Crippen MR) is 74.0 cm³/mol. The molecule has 2 N–H and O–H groups in total. The third-order valence-electron chi connectivity index (χ3n) is 2.50. The highest BCUT2D eigenvalue weighted by molar-refractivity contribution is 14.1. The third-order valence-corrected chi connectivity index (χ3v) is 3.63. The van der Waals surface area contributed by atoms with Crippen molar-refractivity contribution in [1.29, 1.82) is 0 Å². The minimum absolute atomic E-state index is 0.0732. The molecule has 2 rings (SSSR count). The van der Waals surface area contributed by atoms with Crippen LogP contribution in [0.5, 0.6) is 0 Å². The number of amides is 2. The quantitative estimate of drug-likeness (QED) is 0.790. The molecule has 0 aliphatic carbocycles. The summed E-state index contributed by atoms with van der Waals surface area (Å²) in [6.07, 6.45) is 0.963. The largest absolute Gasteiger partial charge is 0.344 e. The summed E-state index contributed by atoms with van der Waals surface area (Å²) in [5.74, 6) is -0.257. The first-order valence-electron chi connectivity index (χ1n) is 5.11. The highest BCUT2D eigenvalue weighted by atomic mass is 127. The van der Waals surface area contributed by atoms with Gasteiger partial charge in [-0.1, -0.05) is 11.6 Å². The molecule has 0 radical (unpaired) electrons. The standard InChI is InChI=1S/C11H10ClIN2O2/c12-6-1-2-8(7(13)5-6)15-11(17)9-3-4-10(16)14-9/h1-2,5,9H,3-4H2,(H,14,16)(H,15,17)/t9-/m1/s1. The van der Waals surface area contributed by atoms with Gasteiger partial charge < -0.3 is 10.6 Å². The number of rotatable bonds is 2. The number of hydrogen-bond acceptors (Lipinski definition) is 2. The number of benzene rings is 1. The summed E-state index contributed by atoms with van der Waals surface area (Å²) in [5, 5.41) is 6.03. The maximum absolute atomic E-state index is 11.8. The van der Waals surface area contributed by atoms with Crippen LogP contribution < -0.4 is 10.6 Å². The molecule has 0 spiro atoms. The van der Waals surface area contributed by atoms with E-state index in [4.69, 9.17) is 11.6 Å². The van der Waals surface area contributed by atoms with Gasteiger partial charge in [0, 0.05) is 15.0 Å². The fourth-order valence-electron chi connectivity index (χ4n) is 1.62. The summed E-state index contributed by atoms with van der Waals surface area (Å²) in [6, 6.07) is 4.81. The van der Waals surface area contributed by atoms with Gasteiger partial charge in [0.05, 0.1) is 5.69 Å². The summed E-state index contributed by atoms with van der Waals surface area (Å²) in [4.78, 5) is 22.8. The Hall–Kier alpha value is -0.820. The molecule has 90 valence electrons. The summed E-state index contributed by atoms with van der Waals surface area (Å²) in [5.41, 5.74) is 0.709. The fraction of sp³-hybridized carbons (Fsp3) is 0.273. The number of anilines is 1. The van der Waals surface area contributed by atoms with Gasteiger partial charge in [-0.05, 0) is 47.2 Å². The molecule has 0 unspecified atom stereocenters. The molecule has 1 aromatic carbocycles. The zero-order chi connectivity index (χ0) is 12.4. The molecule has 1 fully saturated rings. The molecule has 1 heterocycles. The normalized spacial score (nSPS) is 18.9. The van der Waals surface area contributed by atoms with Crippen LogP contribution in [0, 0.1) is 3.57 Å². The fourth-order valence-corrected chi connectivity index (χ4v) is 2.63. The van der Waals surface area contributed by atoms with Crippen molar-refractivity contribution >= 4 is 51.7 Å². The average molecular weight is 365 g/mol. The molecule has 1 aliphatic heterocycles. The van der Waals surface area contributed by atoms with Gasteiger partial charge in [-0.2, -0.15) is 0 Å². The van der Waals surface area contributed by atoms with E-state index in [1.54, 1.807) is 18.2 Å². The van der Waals surface area contributed by atoms with E-state index in [-0.39, 0.29) is 11.8 Å². The topological polar surface area (TPSA) is 58.2 Å². The molecule has 1 atom stereocenters. The van der Waals surface area contributed by atoms with E-state index in [1.165, 1.54) is 0 Å². The Balaban J connectivity index is 2.05. The molecule has 17 heavy (non-hydrogen) atoms. The first-order chi connectivity index (χ1) is 8.06.